The molecule has 53 heavy (non-hydrogen) atoms. The second-order valence-corrected chi connectivity index (χ2v) is 15.6. The minimum atomic E-state index is -0.0565. The smallest absolute Gasteiger partial charge is 0.0443 e. The van der Waals surface area contributed by atoms with Crippen molar-refractivity contribution < 1.29 is 0 Å². The van der Waals surface area contributed by atoms with E-state index in [1.807, 2.05) is 0 Å². The van der Waals surface area contributed by atoms with Crippen molar-refractivity contribution in [1.82, 2.24) is 0 Å². The average Bonchev–Trinajstić information content (AvgIpc) is 3.74. The second kappa shape index (κ2) is 12.1. The number of rotatable bonds is 4. The molecule has 4 aliphatic rings. The van der Waals surface area contributed by atoms with Gasteiger partial charge in [-0.2, -0.15) is 0 Å². The van der Waals surface area contributed by atoms with E-state index in [1.165, 1.54) is 102 Å². The van der Waals surface area contributed by atoms with Crippen LogP contribution in [0.4, 0.5) is 22.7 Å². The van der Waals surface area contributed by atoms with Crippen LogP contribution < -0.4 is 9.80 Å². The van der Waals surface area contributed by atoms with Crippen LogP contribution in [0.5, 0.6) is 0 Å². The van der Waals surface area contributed by atoms with E-state index >= 15 is 0 Å². The van der Waals surface area contributed by atoms with Gasteiger partial charge in [-0.25, -0.2) is 0 Å². The Morgan fingerprint density at radius 3 is 1.60 bits per heavy atom. The SMILES string of the molecule is C(=C\c1ccc2cc(N3CCCc4ccccc43)ccc2c1)/c1ccc2c(c1)C1(Cc3ccccc3C1)c1cc(N3CCCc4ccccc43)ccc1-2. The Morgan fingerprint density at radius 1 is 0.434 bits per heavy atom. The number of anilines is 4. The molecular formula is C51H42N2. The van der Waals surface area contributed by atoms with Gasteiger partial charge < -0.3 is 9.80 Å². The topological polar surface area (TPSA) is 6.48 Å². The summed E-state index contributed by atoms with van der Waals surface area (Å²) in [6.07, 6.45) is 11.4. The van der Waals surface area contributed by atoms with E-state index in [0.29, 0.717) is 0 Å². The summed E-state index contributed by atoms with van der Waals surface area (Å²) < 4.78 is 0. The summed E-state index contributed by atoms with van der Waals surface area (Å²) in [5.74, 6) is 0. The number of benzene rings is 7. The van der Waals surface area contributed by atoms with E-state index in [-0.39, 0.29) is 5.41 Å². The Labute approximate surface area is 312 Å². The zero-order valence-electron chi connectivity index (χ0n) is 30.1. The first kappa shape index (κ1) is 30.7. The maximum absolute atomic E-state index is 2.56. The van der Waals surface area contributed by atoms with Crippen molar-refractivity contribution in [3.63, 3.8) is 0 Å². The van der Waals surface area contributed by atoms with Crippen molar-refractivity contribution >= 4 is 45.7 Å². The van der Waals surface area contributed by atoms with Gasteiger partial charge in [0.25, 0.3) is 0 Å². The van der Waals surface area contributed by atoms with E-state index in [0.717, 1.165) is 38.8 Å². The van der Waals surface area contributed by atoms with Crippen LogP contribution in [0.3, 0.4) is 0 Å². The van der Waals surface area contributed by atoms with Gasteiger partial charge in [-0.1, -0.05) is 115 Å². The van der Waals surface area contributed by atoms with Crippen molar-refractivity contribution in [1.29, 1.82) is 0 Å². The average molecular weight is 683 g/mol. The fourth-order valence-electron chi connectivity index (χ4n) is 10.1. The summed E-state index contributed by atoms with van der Waals surface area (Å²) in [5.41, 5.74) is 19.4. The highest BCUT2D eigenvalue weighted by Crippen LogP contribution is 2.56. The normalized spacial score (nSPS) is 16.5. The molecule has 0 amide bonds. The van der Waals surface area contributed by atoms with Crippen LogP contribution in [-0.4, -0.2) is 13.1 Å². The molecule has 0 fully saturated rings. The summed E-state index contributed by atoms with van der Waals surface area (Å²) >= 11 is 0. The quantitative estimate of drug-likeness (QED) is 0.171. The molecule has 2 heterocycles. The highest BCUT2D eigenvalue weighted by atomic mass is 15.1. The fraction of sp³-hybridized carbons (Fsp3) is 0.176. The minimum Gasteiger partial charge on any atom is -0.341 e. The Kier molecular flexibility index (Phi) is 7.02. The molecular weight excluding hydrogens is 641 g/mol. The Hall–Kier alpha value is -5.86. The third-order valence-electron chi connectivity index (χ3n) is 12.6. The van der Waals surface area contributed by atoms with Crippen molar-refractivity contribution in [3.05, 3.63) is 190 Å². The Balaban J connectivity index is 0.930. The van der Waals surface area contributed by atoms with Crippen LogP contribution in [-0.2, 0) is 31.1 Å². The van der Waals surface area contributed by atoms with E-state index in [2.05, 4.69) is 168 Å². The lowest BCUT2D eigenvalue weighted by Crippen LogP contribution is -2.27. The van der Waals surface area contributed by atoms with Crippen LogP contribution in [0.1, 0.15) is 57.3 Å². The molecule has 0 unspecified atom stereocenters. The molecule has 7 aromatic rings. The van der Waals surface area contributed by atoms with E-state index in [4.69, 9.17) is 0 Å². The summed E-state index contributed by atoms with van der Waals surface area (Å²) in [5, 5.41) is 2.56. The van der Waals surface area contributed by atoms with Gasteiger partial charge in [-0.05, 0) is 147 Å². The van der Waals surface area contributed by atoms with E-state index in [1.54, 1.807) is 0 Å². The molecule has 256 valence electrons. The predicted molar refractivity (Wildman–Crippen MR) is 223 cm³/mol. The zero-order chi connectivity index (χ0) is 34.9. The van der Waals surface area contributed by atoms with Gasteiger partial charge >= 0.3 is 0 Å². The number of aryl methyl sites for hydroxylation is 2. The van der Waals surface area contributed by atoms with Gasteiger partial charge in [0.15, 0.2) is 0 Å². The molecule has 0 saturated heterocycles. The molecule has 0 aromatic heterocycles. The maximum atomic E-state index is 2.56. The lowest BCUT2D eigenvalue weighted by molar-refractivity contribution is 0.563. The van der Waals surface area contributed by atoms with Crippen LogP contribution in [0, 0.1) is 0 Å². The number of fused-ring (bicyclic) bond motifs is 9. The molecule has 2 aliphatic carbocycles. The van der Waals surface area contributed by atoms with E-state index in [9.17, 15) is 0 Å². The standard InChI is InChI=1S/C51H42N2/c1-2-12-42-34-51(33-41(42)11-1)47-30-36(20-25-45(47)46-26-24-44(32-48(46)51)53-28-8-14-38-10-4-6-16-50(38)53)18-17-35-19-21-40-31-43(23-22-39(40)29-35)52-27-7-13-37-9-3-5-15-49(37)52/h1-6,9-12,15-26,29-32H,7-8,13-14,27-28,33-34H2/b18-17+. The lowest BCUT2D eigenvalue weighted by atomic mass is 9.75. The van der Waals surface area contributed by atoms with Gasteiger partial charge in [-0.15, -0.1) is 0 Å². The fourth-order valence-corrected chi connectivity index (χ4v) is 10.1. The molecule has 1 spiro atoms. The number of hydrogen-bond acceptors (Lipinski definition) is 2. The van der Waals surface area contributed by atoms with Gasteiger partial charge in [0, 0.05) is 41.3 Å². The Bertz CT molecular complexity index is 2580. The van der Waals surface area contributed by atoms with Crippen LogP contribution in [0.2, 0.25) is 0 Å². The number of hydrogen-bond donors (Lipinski definition) is 0. The van der Waals surface area contributed by atoms with Crippen molar-refractivity contribution in [3.8, 4) is 11.1 Å². The molecule has 0 N–H and O–H groups in total. The number of para-hydroxylation sites is 2. The first-order valence-electron chi connectivity index (χ1n) is 19.5. The second-order valence-electron chi connectivity index (χ2n) is 15.6. The molecule has 0 bridgehead atoms. The van der Waals surface area contributed by atoms with E-state index < -0.39 is 0 Å². The van der Waals surface area contributed by atoms with Crippen molar-refractivity contribution in [2.45, 2.75) is 43.9 Å². The van der Waals surface area contributed by atoms with Gasteiger partial charge in [0.05, 0.1) is 0 Å². The molecule has 2 heteroatoms. The maximum Gasteiger partial charge on any atom is 0.0443 e. The molecule has 0 atom stereocenters. The summed E-state index contributed by atoms with van der Waals surface area (Å²) in [4.78, 5) is 5.05. The monoisotopic (exact) mass is 682 g/mol. The van der Waals surface area contributed by atoms with Gasteiger partial charge in [0.2, 0.25) is 0 Å². The van der Waals surface area contributed by atoms with Crippen molar-refractivity contribution in [2.24, 2.45) is 0 Å². The van der Waals surface area contributed by atoms with Crippen LogP contribution in [0.15, 0.2) is 146 Å². The highest BCUT2D eigenvalue weighted by Gasteiger charge is 2.47. The van der Waals surface area contributed by atoms with Gasteiger partial charge in [0.1, 0.15) is 0 Å². The first-order chi connectivity index (χ1) is 26.2. The highest BCUT2D eigenvalue weighted by molar-refractivity contribution is 5.91. The lowest BCUT2D eigenvalue weighted by Gasteiger charge is -2.33. The largest absolute Gasteiger partial charge is 0.341 e. The summed E-state index contributed by atoms with van der Waals surface area (Å²) in [6, 6.07) is 55.4. The molecule has 2 nitrogen and oxygen atoms in total. The zero-order valence-corrected chi connectivity index (χ0v) is 30.1. The molecule has 0 radical (unpaired) electrons. The van der Waals surface area contributed by atoms with Gasteiger partial charge in [-0.3, -0.25) is 0 Å². The third kappa shape index (κ3) is 5.00. The minimum absolute atomic E-state index is 0.0565. The summed E-state index contributed by atoms with van der Waals surface area (Å²) in [6.45, 7) is 2.13. The molecule has 0 saturated carbocycles. The molecule has 11 rings (SSSR count). The van der Waals surface area contributed by atoms with Crippen molar-refractivity contribution in [2.75, 3.05) is 22.9 Å². The van der Waals surface area contributed by atoms with Crippen LogP contribution in [0.25, 0.3) is 34.1 Å². The third-order valence-corrected chi connectivity index (χ3v) is 12.6. The predicted octanol–water partition coefficient (Wildman–Crippen LogP) is 12.2. The Morgan fingerprint density at radius 2 is 0.925 bits per heavy atom. The number of nitrogens with zero attached hydrogens (tertiary/aromatic N) is 2. The first-order valence-corrected chi connectivity index (χ1v) is 19.5. The molecule has 2 aliphatic heterocycles. The van der Waals surface area contributed by atoms with Crippen LogP contribution >= 0.6 is 0 Å². The molecule has 7 aromatic carbocycles. The summed E-state index contributed by atoms with van der Waals surface area (Å²) in [7, 11) is 0.